The standard InChI is InChI=1S/C22H25FO2/c1-13-10-18-15(7-8-22(2)19(18)5-6-21(22)25)17-11-14(4-3-9-23)20(24)12-16(13)17/h12,14-15,17-19H,1,4-8,10-11H2,2H3/t14?,15-,17-,18-,19+,22+/m1/s1. The molecular formula is C22H25FO2. The number of hydrogen-bond donors (Lipinski definition) is 0. The van der Waals surface area contributed by atoms with E-state index in [9.17, 15) is 14.0 Å². The highest BCUT2D eigenvalue weighted by molar-refractivity contribution is 5.94. The molecule has 1 unspecified atom stereocenters. The number of carbonyl (C=O) groups excluding carboxylic acids is 2. The van der Waals surface area contributed by atoms with E-state index in [2.05, 4.69) is 19.4 Å². The van der Waals surface area contributed by atoms with E-state index in [-0.39, 0.29) is 17.1 Å². The van der Waals surface area contributed by atoms with E-state index in [0.717, 1.165) is 49.7 Å². The van der Waals surface area contributed by atoms with E-state index in [1.54, 1.807) is 6.08 Å². The maximum absolute atomic E-state index is 12.5. The molecule has 0 bridgehead atoms. The summed E-state index contributed by atoms with van der Waals surface area (Å²) in [7, 11) is 0. The summed E-state index contributed by atoms with van der Waals surface area (Å²) in [6.07, 6.45) is 8.93. The fourth-order valence-electron chi connectivity index (χ4n) is 6.33. The number of allylic oxidation sites excluding steroid dienone is 2. The fourth-order valence-corrected chi connectivity index (χ4v) is 6.33. The van der Waals surface area contributed by atoms with Crippen LogP contribution in [0.5, 0.6) is 0 Å². The lowest BCUT2D eigenvalue weighted by Gasteiger charge is -2.53. The topological polar surface area (TPSA) is 34.1 Å². The summed E-state index contributed by atoms with van der Waals surface area (Å²) in [6, 6.07) is 0. The van der Waals surface area contributed by atoms with Crippen molar-refractivity contribution in [2.24, 2.45) is 35.0 Å². The van der Waals surface area contributed by atoms with Gasteiger partial charge in [-0.25, -0.2) is 0 Å². The number of rotatable bonds is 1. The zero-order valence-corrected chi connectivity index (χ0v) is 14.8. The molecule has 4 aliphatic rings. The molecule has 2 nitrogen and oxygen atoms in total. The Hall–Kier alpha value is -1.69. The molecule has 0 heterocycles. The molecule has 0 amide bonds. The van der Waals surface area contributed by atoms with Crippen molar-refractivity contribution in [2.45, 2.75) is 51.9 Å². The van der Waals surface area contributed by atoms with Gasteiger partial charge in [0, 0.05) is 24.2 Å². The lowest BCUT2D eigenvalue weighted by Crippen LogP contribution is -2.47. The van der Waals surface area contributed by atoms with Crippen molar-refractivity contribution < 1.29 is 14.0 Å². The molecule has 4 rings (SSSR count). The SMILES string of the molecule is C=C1C[C@@H]2[C@H](CC[C@]3(C)C(=O)CC[C@@H]23)[C@H]2CC(CC#CF)C(=O)C=C12. The molecule has 25 heavy (non-hydrogen) atoms. The highest BCUT2D eigenvalue weighted by atomic mass is 19.1. The minimum Gasteiger partial charge on any atom is -0.299 e. The number of fused-ring (bicyclic) bond motifs is 5. The molecule has 0 aromatic carbocycles. The zero-order valence-electron chi connectivity index (χ0n) is 14.8. The summed E-state index contributed by atoms with van der Waals surface area (Å²) < 4.78 is 12.2. The predicted octanol–water partition coefficient (Wildman–Crippen LogP) is 4.41. The van der Waals surface area contributed by atoms with Crippen LogP contribution >= 0.6 is 0 Å². The molecule has 132 valence electrons. The Morgan fingerprint density at radius 2 is 2.12 bits per heavy atom. The average Bonchev–Trinajstić information content (AvgIpc) is 2.89. The number of carbonyl (C=O) groups is 2. The molecule has 3 heteroatoms. The van der Waals surface area contributed by atoms with Crippen molar-refractivity contribution in [3.8, 4) is 12.1 Å². The van der Waals surface area contributed by atoms with Gasteiger partial charge in [-0.05, 0) is 67.4 Å². The molecule has 3 fully saturated rings. The Balaban J connectivity index is 1.65. The second kappa shape index (κ2) is 5.94. The number of halogens is 1. The molecule has 6 atom stereocenters. The van der Waals surface area contributed by atoms with E-state index in [1.807, 2.05) is 0 Å². The van der Waals surface area contributed by atoms with Crippen LogP contribution in [0.4, 0.5) is 4.39 Å². The summed E-state index contributed by atoms with van der Waals surface area (Å²) in [6.45, 7) is 6.44. The van der Waals surface area contributed by atoms with Crippen LogP contribution in [0.25, 0.3) is 0 Å². The van der Waals surface area contributed by atoms with Crippen LogP contribution in [0.2, 0.25) is 0 Å². The zero-order chi connectivity index (χ0) is 17.8. The van der Waals surface area contributed by atoms with Crippen LogP contribution in [-0.2, 0) is 9.59 Å². The van der Waals surface area contributed by atoms with Crippen LogP contribution in [0.15, 0.2) is 23.8 Å². The first-order valence-corrected chi connectivity index (χ1v) is 9.51. The van der Waals surface area contributed by atoms with Crippen molar-refractivity contribution in [3.05, 3.63) is 23.8 Å². The summed E-state index contributed by atoms with van der Waals surface area (Å²) in [4.78, 5) is 24.8. The minimum atomic E-state index is -0.193. The molecule has 0 aliphatic heterocycles. The fraction of sp³-hybridized carbons (Fsp3) is 0.636. The Morgan fingerprint density at radius 1 is 1.32 bits per heavy atom. The Bertz CT molecular complexity index is 737. The van der Waals surface area contributed by atoms with Gasteiger partial charge in [0.1, 0.15) is 12.0 Å². The van der Waals surface area contributed by atoms with E-state index >= 15 is 0 Å². The second-order valence-corrected chi connectivity index (χ2v) is 8.68. The van der Waals surface area contributed by atoms with Gasteiger partial charge in [-0.3, -0.25) is 9.59 Å². The van der Waals surface area contributed by atoms with E-state index < -0.39 is 0 Å². The van der Waals surface area contributed by atoms with Crippen molar-refractivity contribution >= 4 is 11.6 Å². The van der Waals surface area contributed by atoms with Gasteiger partial charge in [0.25, 0.3) is 0 Å². The van der Waals surface area contributed by atoms with Crippen LogP contribution in [0.1, 0.15) is 51.9 Å². The maximum Gasteiger partial charge on any atom is 0.160 e. The van der Waals surface area contributed by atoms with Crippen molar-refractivity contribution in [1.82, 2.24) is 0 Å². The van der Waals surface area contributed by atoms with E-state index in [4.69, 9.17) is 0 Å². The smallest absolute Gasteiger partial charge is 0.160 e. The molecular weight excluding hydrogens is 315 g/mol. The van der Waals surface area contributed by atoms with Gasteiger partial charge in [0.05, 0.1) is 0 Å². The number of ketones is 2. The van der Waals surface area contributed by atoms with Crippen molar-refractivity contribution in [2.75, 3.05) is 0 Å². The number of hydrogen-bond acceptors (Lipinski definition) is 2. The molecule has 0 saturated heterocycles. The molecule has 3 saturated carbocycles. The third-order valence-corrected chi connectivity index (χ3v) is 7.66. The van der Waals surface area contributed by atoms with Gasteiger partial charge < -0.3 is 0 Å². The third-order valence-electron chi connectivity index (χ3n) is 7.66. The van der Waals surface area contributed by atoms with Crippen LogP contribution in [0.3, 0.4) is 0 Å². The van der Waals surface area contributed by atoms with Gasteiger partial charge in [-0.2, -0.15) is 0 Å². The van der Waals surface area contributed by atoms with E-state index in [1.165, 1.54) is 6.17 Å². The Labute approximate surface area is 148 Å². The van der Waals surface area contributed by atoms with E-state index in [0.29, 0.717) is 35.9 Å². The largest absolute Gasteiger partial charge is 0.299 e. The molecule has 0 aromatic heterocycles. The van der Waals surface area contributed by atoms with Gasteiger partial charge in [-0.15, -0.1) is 4.39 Å². The third kappa shape index (κ3) is 2.45. The van der Waals surface area contributed by atoms with Crippen molar-refractivity contribution in [3.63, 3.8) is 0 Å². The van der Waals surface area contributed by atoms with Crippen LogP contribution in [-0.4, -0.2) is 11.6 Å². The minimum absolute atomic E-state index is 0.0743. The van der Waals surface area contributed by atoms with Gasteiger partial charge >= 0.3 is 0 Å². The van der Waals surface area contributed by atoms with Gasteiger partial charge in [0.15, 0.2) is 5.78 Å². The lowest BCUT2D eigenvalue weighted by atomic mass is 9.51. The van der Waals surface area contributed by atoms with Crippen LogP contribution in [0, 0.1) is 47.1 Å². The summed E-state index contributed by atoms with van der Waals surface area (Å²) >= 11 is 0. The Kier molecular flexibility index (Phi) is 3.98. The first kappa shape index (κ1) is 16.8. The quantitative estimate of drug-likeness (QED) is 0.663. The van der Waals surface area contributed by atoms with Crippen LogP contribution < -0.4 is 0 Å². The molecule has 0 spiro atoms. The summed E-state index contributed by atoms with van der Waals surface area (Å²) in [5.41, 5.74) is 2.06. The lowest BCUT2D eigenvalue weighted by molar-refractivity contribution is -0.130. The monoisotopic (exact) mass is 340 g/mol. The normalized spacial score (nSPS) is 42.7. The van der Waals surface area contributed by atoms with Crippen molar-refractivity contribution in [1.29, 1.82) is 0 Å². The molecule has 0 N–H and O–H groups in total. The molecule has 0 aromatic rings. The number of Topliss-reactive ketones (excluding diaryl/α,β-unsaturated/α-hetero) is 1. The molecule has 0 radical (unpaired) electrons. The first-order valence-electron chi connectivity index (χ1n) is 9.51. The second-order valence-electron chi connectivity index (χ2n) is 8.68. The highest BCUT2D eigenvalue weighted by Gasteiger charge is 2.57. The summed E-state index contributed by atoms with van der Waals surface area (Å²) in [5.74, 6) is 4.58. The predicted molar refractivity (Wildman–Crippen MR) is 94.0 cm³/mol. The van der Waals surface area contributed by atoms with Gasteiger partial charge in [0.2, 0.25) is 0 Å². The Morgan fingerprint density at radius 3 is 2.88 bits per heavy atom. The maximum atomic E-state index is 12.5. The molecule has 4 aliphatic carbocycles. The average molecular weight is 340 g/mol. The first-order chi connectivity index (χ1) is 12.0. The highest BCUT2D eigenvalue weighted by Crippen LogP contribution is 2.61. The summed E-state index contributed by atoms with van der Waals surface area (Å²) in [5, 5.41) is 0. The van der Waals surface area contributed by atoms with Gasteiger partial charge in [-0.1, -0.05) is 25.0 Å².